The third-order valence-corrected chi connectivity index (χ3v) is 4.96. The molecule has 7 heteroatoms. The van der Waals surface area contributed by atoms with Crippen LogP contribution in [0.4, 0.5) is 4.39 Å². The average Bonchev–Trinajstić information content (AvgIpc) is 2.66. The first kappa shape index (κ1) is 21.9. The SMILES string of the molecule is Cc1nc2ccc(Cl)cc2c(-c2ccccc2F)c1C=CC(O)CC(O)CC(=O)O. The van der Waals surface area contributed by atoms with Gasteiger partial charge in [0.2, 0.25) is 0 Å². The van der Waals surface area contributed by atoms with Crippen LogP contribution in [0.1, 0.15) is 24.1 Å². The van der Waals surface area contributed by atoms with Crippen molar-refractivity contribution >= 4 is 34.5 Å². The van der Waals surface area contributed by atoms with Crippen molar-refractivity contribution in [3.05, 3.63) is 70.6 Å². The van der Waals surface area contributed by atoms with Crippen molar-refractivity contribution in [3.8, 4) is 11.1 Å². The Labute approximate surface area is 178 Å². The smallest absolute Gasteiger partial charge is 0.305 e. The van der Waals surface area contributed by atoms with Gasteiger partial charge in [0.1, 0.15) is 5.82 Å². The Bertz CT molecular complexity index is 1120. The zero-order valence-electron chi connectivity index (χ0n) is 16.2. The van der Waals surface area contributed by atoms with Gasteiger partial charge in [-0.2, -0.15) is 0 Å². The van der Waals surface area contributed by atoms with Crippen LogP contribution in [0, 0.1) is 12.7 Å². The summed E-state index contributed by atoms with van der Waals surface area (Å²) in [5.74, 6) is -1.55. The molecule has 0 spiro atoms. The van der Waals surface area contributed by atoms with E-state index in [1.807, 2.05) is 0 Å². The van der Waals surface area contributed by atoms with Gasteiger partial charge in [-0.1, -0.05) is 42.0 Å². The molecule has 2 atom stereocenters. The van der Waals surface area contributed by atoms with E-state index in [2.05, 4.69) is 4.98 Å². The Morgan fingerprint density at radius 2 is 1.97 bits per heavy atom. The molecule has 0 aliphatic carbocycles. The molecule has 1 aromatic heterocycles. The summed E-state index contributed by atoms with van der Waals surface area (Å²) < 4.78 is 14.7. The van der Waals surface area contributed by atoms with Gasteiger partial charge in [0.15, 0.2) is 0 Å². The number of hydrogen-bond acceptors (Lipinski definition) is 4. The molecule has 3 N–H and O–H groups in total. The van der Waals surface area contributed by atoms with Crippen molar-refractivity contribution < 1.29 is 24.5 Å². The molecule has 2 unspecified atom stereocenters. The minimum absolute atomic E-state index is 0.135. The number of carbonyl (C=O) groups is 1. The van der Waals surface area contributed by atoms with Gasteiger partial charge >= 0.3 is 5.97 Å². The molecule has 156 valence electrons. The molecular weight excluding hydrogens is 409 g/mol. The van der Waals surface area contributed by atoms with Gasteiger partial charge < -0.3 is 15.3 Å². The van der Waals surface area contributed by atoms with Gasteiger partial charge in [0.05, 0.1) is 24.1 Å². The lowest BCUT2D eigenvalue weighted by Gasteiger charge is -2.15. The third-order valence-electron chi connectivity index (χ3n) is 4.73. The second-order valence-corrected chi connectivity index (χ2v) is 7.48. The molecule has 3 aromatic rings. The lowest BCUT2D eigenvalue weighted by atomic mass is 9.93. The van der Waals surface area contributed by atoms with E-state index in [0.29, 0.717) is 38.3 Å². The van der Waals surface area contributed by atoms with E-state index < -0.39 is 30.4 Å². The topological polar surface area (TPSA) is 90.7 Å². The lowest BCUT2D eigenvalue weighted by molar-refractivity contribution is -0.139. The van der Waals surface area contributed by atoms with Crippen LogP contribution in [0.5, 0.6) is 0 Å². The molecule has 30 heavy (non-hydrogen) atoms. The van der Waals surface area contributed by atoms with E-state index in [1.54, 1.807) is 49.4 Å². The van der Waals surface area contributed by atoms with Gasteiger partial charge in [-0.25, -0.2) is 4.39 Å². The van der Waals surface area contributed by atoms with Crippen LogP contribution >= 0.6 is 11.6 Å². The molecule has 0 saturated carbocycles. The lowest BCUT2D eigenvalue weighted by Crippen LogP contribution is -2.19. The van der Waals surface area contributed by atoms with Crippen molar-refractivity contribution in [2.24, 2.45) is 0 Å². The standard InChI is InChI=1S/C23H21ClFNO4/c1-13-17(8-7-15(27)11-16(28)12-22(29)30)23(18-4-2-3-5-20(18)25)19-10-14(24)6-9-21(19)26-13/h2-10,15-16,27-28H,11-12H2,1H3,(H,29,30). The van der Waals surface area contributed by atoms with Crippen LogP contribution in [-0.2, 0) is 4.79 Å². The fourth-order valence-electron chi connectivity index (χ4n) is 3.38. The molecule has 0 bridgehead atoms. The fourth-order valence-corrected chi connectivity index (χ4v) is 3.55. The van der Waals surface area contributed by atoms with Crippen LogP contribution < -0.4 is 0 Å². The highest BCUT2D eigenvalue weighted by Crippen LogP contribution is 2.36. The average molecular weight is 430 g/mol. The number of pyridine rings is 1. The highest BCUT2D eigenvalue weighted by atomic mass is 35.5. The summed E-state index contributed by atoms with van der Waals surface area (Å²) in [6.07, 6.45) is 0.202. The zero-order valence-corrected chi connectivity index (χ0v) is 17.0. The molecule has 0 aliphatic heterocycles. The van der Waals surface area contributed by atoms with Gasteiger partial charge in [0.25, 0.3) is 0 Å². The maximum Gasteiger partial charge on any atom is 0.305 e. The summed E-state index contributed by atoms with van der Waals surface area (Å²) in [5, 5.41) is 29.8. The van der Waals surface area contributed by atoms with Gasteiger partial charge in [-0.15, -0.1) is 0 Å². The maximum absolute atomic E-state index is 14.7. The fraction of sp³-hybridized carbons (Fsp3) is 0.217. The molecule has 0 aliphatic rings. The van der Waals surface area contributed by atoms with E-state index in [4.69, 9.17) is 16.7 Å². The van der Waals surface area contributed by atoms with E-state index in [1.165, 1.54) is 12.1 Å². The predicted octanol–water partition coefficient (Wildman–Crippen LogP) is 4.60. The number of aliphatic hydroxyl groups is 2. The first-order valence-electron chi connectivity index (χ1n) is 9.37. The second kappa shape index (κ2) is 9.34. The minimum atomic E-state index is -1.18. The summed E-state index contributed by atoms with van der Waals surface area (Å²) in [7, 11) is 0. The number of aromatic nitrogens is 1. The van der Waals surface area contributed by atoms with Gasteiger partial charge in [-0.05, 0) is 31.2 Å². The number of halogens is 2. The number of aryl methyl sites for hydroxylation is 1. The summed E-state index contributed by atoms with van der Waals surface area (Å²) in [6.45, 7) is 1.78. The largest absolute Gasteiger partial charge is 0.481 e. The summed E-state index contributed by atoms with van der Waals surface area (Å²) in [5.41, 5.74) is 2.84. The van der Waals surface area contributed by atoms with Gasteiger partial charge in [0, 0.05) is 39.2 Å². The highest BCUT2D eigenvalue weighted by molar-refractivity contribution is 6.31. The van der Waals surface area contributed by atoms with Crippen LogP contribution in [0.2, 0.25) is 5.02 Å². The number of aliphatic carboxylic acids is 1. The quantitative estimate of drug-likeness (QED) is 0.510. The Balaban J connectivity index is 2.10. The molecule has 5 nitrogen and oxygen atoms in total. The van der Waals surface area contributed by atoms with E-state index in [0.717, 1.165) is 0 Å². The van der Waals surface area contributed by atoms with Crippen LogP contribution in [0.15, 0.2) is 48.5 Å². The van der Waals surface area contributed by atoms with Crippen molar-refractivity contribution in [1.82, 2.24) is 4.98 Å². The minimum Gasteiger partial charge on any atom is -0.481 e. The zero-order chi connectivity index (χ0) is 21.8. The molecule has 0 fully saturated rings. The summed E-state index contributed by atoms with van der Waals surface area (Å²) in [6, 6.07) is 11.6. The van der Waals surface area contributed by atoms with Gasteiger partial charge in [-0.3, -0.25) is 9.78 Å². The number of fused-ring (bicyclic) bond motifs is 1. The van der Waals surface area contributed by atoms with Crippen molar-refractivity contribution in [2.45, 2.75) is 32.0 Å². The molecular formula is C23H21ClFNO4. The van der Waals surface area contributed by atoms with Crippen molar-refractivity contribution in [1.29, 1.82) is 0 Å². The first-order valence-corrected chi connectivity index (χ1v) is 9.75. The Kier molecular flexibility index (Phi) is 6.82. The van der Waals surface area contributed by atoms with E-state index in [-0.39, 0.29) is 6.42 Å². The van der Waals surface area contributed by atoms with Crippen molar-refractivity contribution in [3.63, 3.8) is 0 Å². The monoisotopic (exact) mass is 429 g/mol. The third kappa shape index (κ3) is 5.02. The number of nitrogens with zero attached hydrogens (tertiary/aromatic N) is 1. The van der Waals surface area contributed by atoms with Crippen LogP contribution in [0.25, 0.3) is 28.1 Å². The molecule has 3 rings (SSSR count). The number of rotatable bonds is 7. The number of carboxylic acid groups (broad SMARTS) is 1. The number of benzene rings is 2. The van der Waals surface area contributed by atoms with Crippen molar-refractivity contribution in [2.75, 3.05) is 0 Å². The van der Waals surface area contributed by atoms with Crippen LogP contribution in [-0.4, -0.2) is 38.5 Å². The summed E-state index contributed by atoms with van der Waals surface area (Å²) in [4.78, 5) is 15.3. The Hall–Kier alpha value is -2.80. The van der Waals surface area contributed by atoms with E-state index in [9.17, 15) is 19.4 Å². The Morgan fingerprint density at radius 3 is 2.67 bits per heavy atom. The predicted molar refractivity (Wildman–Crippen MR) is 115 cm³/mol. The first-order chi connectivity index (χ1) is 14.3. The summed E-state index contributed by atoms with van der Waals surface area (Å²) >= 11 is 6.18. The van der Waals surface area contributed by atoms with Crippen LogP contribution in [0.3, 0.4) is 0 Å². The second-order valence-electron chi connectivity index (χ2n) is 7.04. The van der Waals surface area contributed by atoms with E-state index >= 15 is 0 Å². The molecule has 1 heterocycles. The molecule has 0 radical (unpaired) electrons. The molecule has 0 saturated heterocycles. The number of aliphatic hydroxyl groups excluding tert-OH is 2. The number of carboxylic acids is 1. The maximum atomic E-state index is 14.7. The highest BCUT2D eigenvalue weighted by Gasteiger charge is 2.17. The molecule has 2 aromatic carbocycles. The normalized spacial score (nSPS) is 13.6. The Morgan fingerprint density at radius 1 is 1.23 bits per heavy atom. The molecule has 0 amide bonds. The number of hydrogen-bond donors (Lipinski definition) is 3.